The number of ether oxygens (including phenoxy) is 1. The molecule has 0 radical (unpaired) electrons. The van der Waals surface area contributed by atoms with Gasteiger partial charge in [-0.15, -0.1) is 0 Å². The van der Waals surface area contributed by atoms with E-state index in [9.17, 15) is 9.59 Å². The third-order valence-corrected chi connectivity index (χ3v) is 5.01. The summed E-state index contributed by atoms with van der Waals surface area (Å²) in [4.78, 5) is 28.9. The van der Waals surface area contributed by atoms with Gasteiger partial charge in [0.1, 0.15) is 0 Å². The Balaban J connectivity index is 1.51. The third-order valence-electron chi connectivity index (χ3n) is 5.01. The Morgan fingerprint density at radius 3 is 2.52 bits per heavy atom. The minimum Gasteiger partial charge on any atom is -0.378 e. The second-order valence-electron chi connectivity index (χ2n) is 6.80. The number of rotatable bonds is 2. The number of benzene rings is 2. The lowest BCUT2D eigenvalue weighted by Crippen LogP contribution is -2.43. The van der Waals surface area contributed by atoms with Gasteiger partial charge in [0.05, 0.1) is 13.2 Å². The van der Waals surface area contributed by atoms with E-state index < -0.39 is 0 Å². The van der Waals surface area contributed by atoms with Crippen molar-refractivity contribution >= 4 is 23.3 Å². The summed E-state index contributed by atoms with van der Waals surface area (Å²) in [5, 5.41) is 2.97. The lowest BCUT2D eigenvalue weighted by molar-refractivity contribution is 0.0564. The van der Waals surface area contributed by atoms with Gasteiger partial charge in [-0.25, -0.2) is 4.79 Å². The molecule has 1 saturated heterocycles. The van der Waals surface area contributed by atoms with Gasteiger partial charge in [0, 0.05) is 36.6 Å². The van der Waals surface area contributed by atoms with E-state index in [-0.39, 0.29) is 11.9 Å². The summed E-state index contributed by atoms with van der Waals surface area (Å²) < 4.78 is 5.29. The summed E-state index contributed by atoms with van der Waals surface area (Å²) in [5.41, 5.74) is 3.47. The maximum Gasteiger partial charge on any atom is 0.321 e. The SMILES string of the molecule is O=C(Nc1ccc2c(c1)CCCN2C(=O)c1ccccc1)N1CCOCC1. The van der Waals surface area contributed by atoms with Gasteiger partial charge in [0.25, 0.3) is 5.91 Å². The van der Waals surface area contributed by atoms with Crippen LogP contribution in [0.15, 0.2) is 48.5 Å². The molecule has 0 atom stereocenters. The lowest BCUT2D eigenvalue weighted by atomic mass is 10.00. The molecule has 0 bridgehead atoms. The number of urea groups is 1. The van der Waals surface area contributed by atoms with Crippen LogP contribution in [0.25, 0.3) is 0 Å². The number of amides is 3. The first-order valence-corrected chi connectivity index (χ1v) is 9.36. The van der Waals surface area contributed by atoms with Gasteiger partial charge in [-0.2, -0.15) is 0 Å². The van der Waals surface area contributed by atoms with Crippen molar-refractivity contribution in [2.45, 2.75) is 12.8 Å². The maximum absolute atomic E-state index is 12.9. The number of carbonyl (C=O) groups is 2. The van der Waals surface area contributed by atoms with E-state index in [1.54, 1.807) is 4.90 Å². The van der Waals surface area contributed by atoms with Crippen LogP contribution < -0.4 is 10.2 Å². The van der Waals surface area contributed by atoms with E-state index >= 15 is 0 Å². The van der Waals surface area contributed by atoms with Crippen LogP contribution in [0.5, 0.6) is 0 Å². The van der Waals surface area contributed by atoms with Gasteiger partial charge in [-0.3, -0.25) is 4.79 Å². The molecular formula is C21H23N3O3. The second-order valence-corrected chi connectivity index (χ2v) is 6.80. The number of morpholine rings is 1. The molecule has 2 aromatic rings. The predicted octanol–water partition coefficient (Wildman–Crippen LogP) is 3.14. The van der Waals surface area contributed by atoms with E-state index in [2.05, 4.69) is 5.32 Å². The van der Waals surface area contributed by atoms with E-state index in [0.717, 1.165) is 29.8 Å². The molecule has 2 aromatic carbocycles. The predicted molar refractivity (Wildman–Crippen MR) is 104 cm³/mol. The highest BCUT2D eigenvalue weighted by molar-refractivity contribution is 6.07. The van der Waals surface area contributed by atoms with Crippen LogP contribution >= 0.6 is 0 Å². The molecule has 1 N–H and O–H groups in total. The molecule has 2 aliphatic rings. The summed E-state index contributed by atoms with van der Waals surface area (Å²) in [7, 11) is 0. The molecule has 140 valence electrons. The number of aryl methyl sites for hydroxylation is 1. The molecule has 0 spiro atoms. The average Bonchev–Trinajstić information content (AvgIpc) is 2.74. The van der Waals surface area contributed by atoms with Gasteiger partial charge < -0.3 is 19.9 Å². The third kappa shape index (κ3) is 3.80. The van der Waals surface area contributed by atoms with Crippen LogP contribution in [0.4, 0.5) is 16.2 Å². The largest absolute Gasteiger partial charge is 0.378 e. The summed E-state index contributed by atoms with van der Waals surface area (Å²) in [5.74, 6) is 0.0154. The van der Waals surface area contributed by atoms with Crippen molar-refractivity contribution in [1.82, 2.24) is 4.90 Å². The van der Waals surface area contributed by atoms with Crippen LogP contribution in [0.2, 0.25) is 0 Å². The Hall–Kier alpha value is -2.86. The molecule has 6 heteroatoms. The van der Waals surface area contributed by atoms with Crippen molar-refractivity contribution in [1.29, 1.82) is 0 Å². The number of nitrogens with zero attached hydrogens (tertiary/aromatic N) is 2. The molecule has 0 aromatic heterocycles. The first-order chi connectivity index (χ1) is 13.2. The maximum atomic E-state index is 12.9. The number of hydrogen-bond donors (Lipinski definition) is 1. The molecule has 2 aliphatic heterocycles. The number of hydrogen-bond acceptors (Lipinski definition) is 3. The number of fused-ring (bicyclic) bond motifs is 1. The monoisotopic (exact) mass is 365 g/mol. The molecule has 0 unspecified atom stereocenters. The van der Waals surface area contributed by atoms with Gasteiger partial charge in [-0.1, -0.05) is 18.2 Å². The Morgan fingerprint density at radius 1 is 0.963 bits per heavy atom. The molecule has 0 aliphatic carbocycles. The molecule has 6 nitrogen and oxygen atoms in total. The van der Waals surface area contributed by atoms with Gasteiger partial charge in [-0.05, 0) is 48.7 Å². The molecule has 1 fully saturated rings. The number of carbonyl (C=O) groups excluding carboxylic acids is 2. The lowest BCUT2D eigenvalue weighted by Gasteiger charge is -2.30. The fourth-order valence-corrected chi connectivity index (χ4v) is 3.59. The fraction of sp³-hybridized carbons (Fsp3) is 0.333. The summed E-state index contributed by atoms with van der Waals surface area (Å²) in [6.07, 6.45) is 1.81. The highest BCUT2D eigenvalue weighted by Gasteiger charge is 2.24. The van der Waals surface area contributed by atoms with Crippen molar-refractivity contribution < 1.29 is 14.3 Å². The average molecular weight is 365 g/mol. The zero-order valence-corrected chi connectivity index (χ0v) is 15.2. The summed E-state index contributed by atoms with van der Waals surface area (Å²) >= 11 is 0. The van der Waals surface area contributed by atoms with E-state index in [1.165, 1.54) is 0 Å². The second kappa shape index (κ2) is 7.80. The first kappa shape index (κ1) is 17.5. The normalized spacial score (nSPS) is 16.6. The summed E-state index contributed by atoms with van der Waals surface area (Å²) in [6, 6.07) is 15.0. The quantitative estimate of drug-likeness (QED) is 0.889. The zero-order chi connectivity index (χ0) is 18.6. The minimum absolute atomic E-state index is 0.0154. The Morgan fingerprint density at radius 2 is 1.74 bits per heavy atom. The van der Waals surface area contributed by atoms with Crippen LogP contribution in [-0.4, -0.2) is 49.7 Å². The van der Waals surface area contributed by atoms with Crippen molar-refractivity contribution in [3.05, 3.63) is 59.7 Å². The van der Waals surface area contributed by atoms with Gasteiger partial charge in [0.15, 0.2) is 0 Å². The standard InChI is InChI=1S/C21H23N3O3/c25-20(16-5-2-1-3-6-16)24-10-4-7-17-15-18(8-9-19(17)24)22-21(26)23-11-13-27-14-12-23/h1-3,5-6,8-9,15H,4,7,10-14H2,(H,22,26). The number of anilines is 2. The van der Waals surface area contributed by atoms with Crippen LogP contribution in [0.1, 0.15) is 22.3 Å². The zero-order valence-electron chi connectivity index (χ0n) is 15.2. The molecule has 4 rings (SSSR count). The van der Waals surface area contributed by atoms with Gasteiger partial charge >= 0.3 is 6.03 Å². The fourth-order valence-electron chi connectivity index (χ4n) is 3.59. The Kier molecular flexibility index (Phi) is 5.07. The molecule has 27 heavy (non-hydrogen) atoms. The Labute approximate surface area is 158 Å². The molecule has 0 saturated carbocycles. The van der Waals surface area contributed by atoms with Crippen LogP contribution in [0, 0.1) is 0 Å². The molecular weight excluding hydrogens is 342 g/mol. The smallest absolute Gasteiger partial charge is 0.321 e. The topological polar surface area (TPSA) is 61.9 Å². The van der Waals surface area contributed by atoms with Crippen molar-refractivity contribution in [2.24, 2.45) is 0 Å². The van der Waals surface area contributed by atoms with E-state index in [4.69, 9.17) is 4.74 Å². The molecule has 2 heterocycles. The Bertz CT molecular complexity index is 832. The highest BCUT2D eigenvalue weighted by Crippen LogP contribution is 2.31. The summed E-state index contributed by atoms with van der Waals surface area (Å²) in [6.45, 7) is 3.08. The highest BCUT2D eigenvalue weighted by atomic mass is 16.5. The van der Waals surface area contributed by atoms with Gasteiger partial charge in [0.2, 0.25) is 0 Å². The van der Waals surface area contributed by atoms with E-state index in [1.807, 2.05) is 53.4 Å². The first-order valence-electron chi connectivity index (χ1n) is 9.36. The number of nitrogens with one attached hydrogen (secondary N) is 1. The van der Waals surface area contributed by atoms with Crippen molar-refractivity contribution in [3.63, 3.8) is 0 Å². The molecule has 3 amide bonds. The van der Waals surface area contributed by atoms with Crippen LogP contribution in [0.3, 0.4) is 0 Å². The van der Waals surface area contributed by atoms with Crippen molar-refractivity contribution in [2.75, 3.05) is 43.1 Å². The van der Waals surface area contributed by atoms with Crippen LogP contribution in [-0.2, 0) is 11.2 Å². The minimum atomic E-state index is -0.105. The van der Waals surface area contributed by atoms with E-state index in [0.29, 0.717) is 38.4 Å². The van der Waals surface area contributed by atoms with Crippen molar-refractivity contribution in [3.8, 4) is 0 Å².